The minimum Gasteiger partial charge on any atom is -0.505 e. The van der Waals surface area contributed by atoms with Crippen LogP contribution in [0.25, 0.3) is 28.0 Å². The van der Waals surface area contributed by atoms with Crippen LogP contribution < -0.4 is 15.8 Å². The van der Waals surface area contributed by atoms with Crippen LogP contribution in [0.3, 0.4) is 0 Å². The zero-order chi connectivity index (χ0) is 40.0. The van der Waals surface area contributed by atoms with Crippen molar-refractivity contribution in [1.29, 1.82) is 0 Å². The van der Waals surface area contributed by atoms with Crippen molar-refractivity contribution in [2.24, 2.45) is 35.5 Å². The number of pyridine rings is 1. The lowest BCUT2D eigenvalue weighted by atomic mass is 9.69. The molecule has 1 amide bonds. The molecule has 3 aromatic rings. The van der Waals surface area contributed by atoms with E-state index in [-0.39, 0.29) is 38.3 Å². The summed E-state index contributed by atoms with van der Waals surface area (Å²) in [5, 5.41) is 49.7. The molecule has 13 heteroatoms. The number of phenols is 1. The number of amides is 1. The van der Waals surface area contributed by atoms with Gasteiger partial charge in [0.15, 0.2) is 11.5 Å². The Morgan fingerprint density at radius 1 is 1.02 bits per heavy atom. The number of nitrogens with zero attached hydrogens (tertiary/aromatic N) is 2. The molecular formula is C42H47N3O10. The molecule has 2 unspecified atom stereocenters. The highest BCUT2D eigenvalue weighted by Gasteiger charge is 2.47. The number of methoxy groups -OCH3 is 1. The van der Waals surface area contributed by atoms with Crippen LogP contribution in [0.4, 0.5) is 5.69 Å². The lowest BCUT2D eigenvalue weighted by molar-refractivity contribution is -0.165. The maximum Gasteiger partial charge on any atom is 0.340 e. The average molecular weight is 754 g/mol. The number of aliphatic hydroxyl groups is 3. The van der Waals surface area contributed by atoms with Gasteiger partial charge < -0.3 is 40.0 Å². The smallest absolute Gasteiger partial charge is 0.340 e. The molecule has 1 aromatic carbocycles. The van der Waals surface area contributed by atoms with Crippen LogP contribution in [0.2, 0.25) is 0 Å². The topological polar surface area (TPSA) is 189 Å². The molecule has 2 aromatic heterocycles. The fourth-order valence-corrected chi connectivity index (χ4v) is 8.18. The number of nitrogens with one attached hydrogen (secondary N) is 1. The summed E-state index contributed by atoms with van der Waals surface area (Å²) in [6, 6.07) is 3.62. The molecule has 4 heterocycles. The van der Waals surface area contributed by atoms with Crippen LogP contribution in [0.1, 0.15) is 47.1 Å². The first-order valence-electron chi connectivity index (χ1n) is 18.3. The fraction of sp³-hybridized carbons (Fsp3) is 0.429. The van der Waals surface area contributed by atoms with E-state index in [1.807, 2.05) is 13.0 Å². The number of carbonyl (C=O) groups excluding carboxylic acids is 3. The third-order valence-corrected chi connectivity index (χ3v) is 11.3. The summed E-state index contributed by atoms with van der Waals surface area (Å²) in [6.07, 6.45) is 5.13. The number of aromatic nitrogens is 2. The van der Waals surface area contributed by atoms with Gasteiger partial charge in [-0.1, -0.05) is 51.8 Å². The van der Waals surface area contributed by atoms with Crippen LogP contribution >= 0.6 is 0 Å². The molecule has 0 spiro atoms. The number of hydrogen-bond acceptors (Lipinski definition) is 11. The van der Waals surface area contributed by atoms with E-state index in [0.29, 0.717) is 5.65 Å². The number of rotatable bonds is 2. The minimum atomic E-state index is -1.21. The summed E-state index contributed by atoms with van der Waals surface area (Å²) in [4.78, 5) is 45.9. The molecule has 0 saturated carbocycles. The van der Waals surface area contributed by atoms with E-state index in [4.69, 9.17) is 19.2 Å². The van der Waals surface area contributed by atoms with Crippen molar-refractivity contribution in [2.75, 3.05) is 12.4 Å². The monoisotopic (exact) mass is 753 g/mol. The number of carbonyl (C=O) groups is 3. The number of phenolic OH excluding ortho intramolecular Hbond substituents is 1. The van der Waals surface area contributed by atoms with Gasteiger partial charge in [0, 0.05) is 54.7 Å². The number of esters is 2. The van der Waals surface area contributed by atoms with Crippen molar-refractivity contribution in [2.45, 2.75) is 72.9 Å². The predicted molar refractivity (Wildman–Crippen MR) is 204 cm³/mol. The number of allylic oxidation sites excluding steroid dienone is 2. The van der Waals surface area contributed by atoms with E-state index in [9.17, 15) is 34.8 Å². The van der Waals surface area contributed by atoms with Gasteiger partial charge in [-0.2, -0.15) is 0 Å². The predicted octanol–water partition coefficient (Wildman–Crippen LogP) is 3.31. The van der Waals surface area contributed by atoms with E-state index in [1.165, 1.54) is 26.4 Å². The number of hydrogen-bond donors (Lipinski definition) is 5. The number of cyclic esters (lactones) is 1. The Morgan fingerprint density at radius 2 is 1.75 bits per heavy atom. The molecule has 55 heavy (non-hydrogen) atoms. The molecule has 2 aliphatic heterocycles. The molecule has 1 aliphatic carbocycles. The third-order valence-electron chi connectivity index (χ3n) is 11.3. The highest BCUT2D eigenvalue weighted by atomic mass is 16.5. The van der Waals surface area contributed by atoms with Crippen molar-refractivity contribution in [3.63, 3.8) is 0 Å². The van der Waals surface area contributed by atoms with Gasteiger partial charge in [0.2, 0.25) is 0 Å². The summed E-state index contributed by atoms with van der Waals surface area (Å²) in [5.41, 5.74) is 1.80. The van der Waals surface area contributed by atoms with Gasteiger partial charge in [-0.15, -0.1) is 0 Å². The number of aryl methyl sites for hydroxylation is 1. The molecule has 6 bridgehead atoms. The highest BCUT2D eigenvalue weighted by Crippen LogP contribution is 2.41. The third kappa shape index (κ3) is 7.01. The lowest BCUT2D eigenvalue weighted by Crippen LogP contribution is -2.50. The summed E-state index contributed by atoms with van der Waals surface area (Å²) in [7, 11) is 1.45. The Bertz CT molecular complexity index is 2360. The molecule has 6 rings (SSSR count). The number of anilines is 1. The number of aliphatic hydroxyl groups excluding tert-OH is 3. The Kier molecular flexibility index (Phi) is 11.0. The maximum atomic E-state index is 14.4. The largest absolute Gasteiger partial charge is 0.505 e. The molecule has 0 saturated heterocycles. The molecule has 13 nitrogen and oxygen atoms in total. The summed E-state index contributed by atoms with van der Waals surface area (Å²) in [5.74, 6) is -2.04. The number of imidazole rings is 1. The van der Waals surface area contributed by atoms with Crippen molar-refractivity contribution in [3.05, 3.63) is 70.5 Å². The SMILES string of the molecule is CO[C@H]1/C=C/OC(=O)C2=c3c4c(O)c(c5c3nc3cc(C)ccn35)NC(=O)/C(C)=C\C=C\[C@H](C)[C@H](O)[C@@H](C)[C@@H](O)[C@@H](C)[C@H](OC(C)=O)[C@H]1C(C)C2C#CC=4O. The summed E-state index contributed by atoms with van der Waals surface area (Å²) in [6.45, 7) is 11.7. The van der Waals surface area contributed by atoms with Crippen LogP contribution in [0.15, 0.2) is 54.5 Å². The quantitative estimate of drug-likeness (QED) is 0.147. The molecule has 10 atom stereocenters. The number of aromatic hydroxyl groups is 1. The second kappa shape index (κ2) is 15.4. The van der Waals surface area contributed by atoms with Gasteiger partial charge in [-0.05, 0) is 49.5 Å². The number of fused-ring (bicyclic) bond motifs is 6. The maximum absolute atomic E-state index is 14.4. The van der Waals surface area contributed by atoms with Crippen LogP contribution in [0, 0.1) is 54.3 Å². The van der Waals surface area contributed by atoms with Crippen molar-refractivity contribution in [3.8, 4) is 17.6 Å². The zero-order valence-electron chi connectivity index (χ0n) is 32.0. The van der Waals surface area contributed by atoms with E-state index in [2.05, 4.69) is 17.2 Å². The second-order valence-electron chi connectivity index (χ2n) is 14.9. The lowest BCUT2D eigenvalue weighted by Gasteiger charge is -2.42. The van der Waals surface area contributed by atoms with Crippen molar-refractivity contribution in [1.82, 2.24) is 9.38 Å². The van der Waals surface area contributed by atoms with E-state index < -0.39 is 89.3 Å². The van der Waals surface area contributed by atoms with Crippen molar-refractivity contribution >= 4 is 51.5 Å². The molecule has 5 N–H and O–H groups in total. The first-order chi connectivity index (χ1) is 26.1. The van der Waals surface area contributed by atoms with Gasteiger partial charge in [0.05, 0.1) is 41.3 Å². The highest BCUT2D eigenvalue weighted by molar-refractivity contribution is 6.16. The summed E-state index contributed by atoms with van der Waals surface area (Å²) >= 11 is 0. The van der Waals surface area contributed by atoms with Crippen LogP contribution in [0.5, 0.6) is 5.75 Å². The number of benzene rings is 1. The van der Waals surface area contributed by atoms with E-state index in [1.54, 1.807) is 69.5 Å². The first kappa shape index (κ1) is 39.3. The Morgan fingerprint density at radius 3 is 2.44 bits per heavy atom. The average Bonchev–Trinajstić information content (AvgIpc) is 3.45. The second-order valence-corrected chi connectivity index (χ2v) is 14.9. The van der Waals surface area contributed by atoms with Gasteiger partial charge in [0.1, 0.15) is 28.5 Å². The Labute approximate surface area is 318 Å². The fourth-order valence-electron chi connectivity index (χ4n) is 8.18. The molecular weight excluding hydrogens is 706 g/mol. The van der Waals surface area contributed by atoms with Gasteiger partial charge in [-0.3, -0.25) is 14.0 Å². The van der Waals surface area contributed by atoms with Crippen molar-refractivity contribution < 1.29 is 49.0 Å². The van der Waals surface area contributed by atoms with E-state index in [0.717, 1.165) is 5.56 Å². The Hall–Kier alpha value is -5.42. The molecule has 290 valence electrons. The molecule has 0 radical (unpaired) electrons. The minimum absolute atomic E-state index is 0.0270. The number of ether oxygens (including phenoxy) is 3. The molecule has 3 aliphatic rings. The normalized spacial score (nSPS) is 32.3. The standard InChI is InChI=1S/C42H47N3O10/c1-19-14-16-45-29(18-19)43-34-33-31-26-12-13-27(47)32(33)39(50)35(36(34)45)44-41(51)21(3)11-9-10-20(2)37(48)23(5)38(49)24(6)40(55-25(7)46)30(22(26)4)28(53-8)15-17-54-42(31)52/h9-11,14-18,20,22-24,26,28,30,37-38,40,47-50H,1-8H3,(H,44,51)/b10-9+,17-15+,21-11-/t20-,22?,23+,24+,26?,28-,30-,37-,38+,40-/m0/s1. The van der Waals surface area contributed by atoms with Gasteiger partial charge in [0.25, 0.3) is 5.91 Å². The van der Waals surface area contributed by atoms with Gasteiger partial charge >= 0.3 is 11.9 Å². The summed E-state index contributed by atoms with van der Waals surface area (Å²) < 4.78 is 19.4. The van der Waals surface area contributed by atoms with Crippen LogP contribution in [-0.4, -0.2) is 79.2 Å². The Balaban J connectivity index is 1.78. The van der Waals surface area contributed by atoms with Crippen LogP contribution in [-0.2, 0) is 28.6 Å². The van der Waals surface area contributed by atoms with E-state index >= 15 is 0 Å². The zero-order valence-corrected chi connectivity index (χ0v) is 32.0. The first-order valence-corrected chi connectivity index (χ1v) is 18.3. The van der Waals surface area contributed by atoms with Gasteiger partial charge in [-0.25, -0.2) is 9.78 Å². The molecule has 0 fully saturated rings.